The smallest absolute Gasteiger partial charge is 0.164 e. The molecule has 3 heterocycles. The Balaban J connectivity index is 1.25. The zero-order chi connectivity index (χ0) is 31.6. The maximum absolute atomic E-state index is 6.52. The van der Waals surface area contributed by atoms with Gasteiger partial charge in [-0.15, -0.1) is 0 Å². The summed E-state index contributed by atoms with van der Waals surface area (Å²) in [6, 6.07) is 54.4. The highest BCUT2D eigenvalue weighted by Gasteiger charge is 2.19. The highest BCUT2D eigenvalue weighted by Crippen LogP contribution is 2.39. The topological polar surface area (TPSA) is 56.7 Å². The fourth-order valence-electron chi connectivity index (χ4n) is 7.05. The summed E-state index contributed by atoms with van der Waals surface area (Å²) in [6.45, 7) is 0. The molecule has 0 spiro atoms. The lowest BCUT2D eigenvalue weighted by Crippen LogP contribution is -2.01. The van der Waals surface area contributed by atoms with Gasteiger partial charge in [0.1, 0.15) is 11.2 Å². The zero-order valence-corrected chi connectivity index (χ0v) is 25.7. The lowest BCUT2D eigenvalue weighted by molar-refractivity contribution is 0.672. The first-order chi connectivity index (χ1) is 23.8. The van der Waals surface area contributed by atoms with Crippen molar-refractivity contribution < 1.29 is 4.42 Å². The SMILES string of the molecule is c1ccc(-c2nc(-c3ccc4c5ccccc5n(-c5ccccc5)c4c3)nc(-c3cccc4ccc5c6ccccc6oc5c34)n2)cc1. The van der Waals surface area contributed by atoms with E-state index in [1.807, 2.05) is 54.6 Å². The number of fused-ring (bicyclic) bond motifs is 8. The van der Waals surface area contributed by atoms with Gasteiger partial charge in [0.2, 0.25) is 0 Å². The van der Waals surface area contributed by atoms with E-state index in [2.05, 4.69) is 108 Å². The quantitative estimate of drug-likeness (QED) is 0.198. The summed E-state index contributed by atoms with van der Waals surface area (Å²) in [4.78, 5) is 15.4. The van der Waals surface area contributed by atoms with Gasteiger partial charge < -0.3 is 8.98 Å². The molecule has 0 bridgehead atoms. The van der Waals surface area contributed by atoms with E-state index in [9.17, 15) is 0 Å². The van der Waals surface area contributed by atoms with Crippen molar-refractivity contribution >= 4 is 54.5 Å². The maximum atomic E-state index is 6.52. The molecule has 0 aliphatic heterocycles. The molecule has 0 aliphatic rings. The van der Waals surface area contributed by atoms with Crippen LogP contribution >= 0.6 is 0 Å². The minimum absolute atomic E-state index is 0.598. The molecule has 0 aliphatic carbocycles. The third-order valence-electron chi connectivity index (χ3n) is 9.24. The van der Waals surface area contributed by atoms with E-state index < -0.39 is 0 Å². The van der Waals surface area contributed by atoms with E-state index in [0.717, 1.165) is 66.1 Å². The molecule has 10 rings (SSSR count). The average molecular weight is 615 g/mol. The molecule has 0 fully saturated rings. The summed E-state index contributed by atoms with van der Waals surface area (Å²) < 4.78 is 8.83. The first kappa shape index (κ1) is 26.6. The minimum atomic E-state index is 0.598. The standard InChI is InChI=1S/C43H26N4O/c1-3-12-28(13-4-1)41-44-42(29-23-24-32-31-17-7-9-20-36(31)47(37(32)26-29)30-15-5-2-6-16-30)46-43(45-41)35-19-11-14-27-22-25-34-33-18-8-10-21-38(33)48-40(34)39(27)35/h1-26H. The molecule has 5 nitrogen and oxygen atoms in total. The van der Waals surface area contributed by atoms with Crippen LogP contribution in [-0.4, -0.2) is 19.5 Å². The monoisotopic (exact) mass is 614 g/mol. The number of hydrogen-bond acceptors (Lipinski definition) is 4. The summed E-state index contributed by atoms with van der Waals surface area (Å²) >= 11 is 0. The molecular formula is C43H26N4O. The number of aromatic nitrogens is 4. The van der Waals surface area contributed by atoms with Crippen molar-refractivity contribution in [1.82, 2.24) is 19.5 Å². The summed E-state index contributed by atoms with van der Waals surface area (Å²) in [7, 11) is 0. The highest BCUT2D eigenvalue weighted by atomic mass is 16.3. The molecule has 0 radical (unpaired) electrons. The Kier molecular flexibility index (Phi) is 5.81. The first-order valence-electron chi connectivity index (χ1n) is 16.0. The maximum Gasteiger partial charge on any atom is 0.164 e. The number of benzene rings is 7. The lowest BCUT2D eigenvalue weighted by Gasteiger charge is -2.11. The summed E-state index contributed by atoms with van der Waals surface area (Å²) in [6.07, 6.45) is 0. The van der Waals surface area contributed by atoms with Crippen LogP contribution in [0.5, 0.6) is 0 Å². The molecule has 0 N–H and O–H groups in total. The molecule has 5 heteroatoms. The van der Waals surface area contributed by atoms with E-state index in [1.54, 1.807) is 0 Å². The number of nitrogens with zero attached hydrogens (tertiary/aromatic N) is 4. The van der Waals surface area contributed by atoms with E-state index in [4.69, 9.17) is 19.4 Å². The van der Waals surface area contributed by atoms with Crippen LogP contribution in [-0.2, 0) is 0 Å². The molecule has 3 aromatic heterocycles. The number of para-hydroxylation sites is 3. The van der Waals surface area contributed by atoms with Crippen LogP contribution in [0.1, 0.15) is 0 Å². The van der Waals surface area contributed by atoms with Crippen LogP contribution in [0, 0.1) is 0 Å². The molecule has 0 saturated carbocycles. The predicted molar refractivity (Wildman–Crippen MR) is 195 cm³/mol. The third kappa shape index (κ3) is 4.08. The van der Waals surface area contributed by atoms with Gasteiger partial charge in [0, 0.05) is 49.3 Å². The van der Waals surface area contributed by atoms with Gasteiger partial charge in [-0.05, 0) is 41.8 Å². The highest BCUT2D eigenvalue weighted by molar-refractivity contribution is 6.18. The van der Waals surface area contributed by atoms with Crippen LogP contribution in [0.25, 0.3) is 94.4 Å². The van der Waals surface area contributed by atoms with Gasteiger partial charge in [0.05, 0.1) is 11.0 Å². The summed E-state index contributed by atoms with van der Waals surface area (Å²) in [5.41, 5.74) is 7.79. The number of rotatable bonds is 4. The third-order valence-corrected chi connectivity index (χ3v) is 9.24. The average Bonchev–Trinajstić information content (AvgIpc) is 3.71. The van der Waals surface area contributed by atoms with Crippen LogP contribution in [0.3, 0.4) is 0 Å². The van der Waals surface area contributed by atoms with Crippen molar-refractivity contribution in [2.75, 3.05) is 0 Å². The fraction of sp³-hybridized carbons (Fsp3) is 0. The Labute approximate surface area is 275 Å². The van der Waals surface area contributed by atoms with Gasteiger partial charge >= 0.3 is 0 Å². The van der Waals surface area contributed by atoms with E-state index >= 15 is 0 Å². The van der Waals surface area contributed by atoms with Crippen molar-refractivity contribution in [2.24, 2.45) is 0 Å². The van der Waals surface area contributed by atoms with E-state index in [1.165, 1.54) is 10.8 Å². The van der Waals surface area contributed by atoms with Gasteiger partial charge in [0.15, 0.2) is 17.5 Å². The zero-order valence-electron chi connectivity index (χ0n) is 25.7. The Hall–Kier alpha value is -6.59. The van der Waals surface area contributed by atoms with Gasteiger partial charge in [0.25, 0.3) is 0 Å². The Morgan fingerprint density at radius 2 is 1.10 bits per heavy atom. The van der Waals surface area contributed by atoms with Crippen LogP contribution in [0.2, 0.25) is 0 Å². The number of furan rings is 1. The second kappa shape index (κ2) is 10.5. The largest absolute Gasteiger partial charge is 0.455 e. The van der Waals surface area contributed by atoms with Crippen LogP contribution < -0.4 is 0 Å². The van der Waals surface area contributed by atoms with Crippen molar-refractivity contribution in [3.63, 3.8) is 0 Å². The first-order valence-corrected chi connectivity index (χ1v) is 16.0. The normalized spacial score (nSPS) is 11.8. The Morgan fingerprint density at radius 1 is 0.438 bits per heavy atom. The molecule has 0 amide bonds. The summed E-state index contributed by atoms with van der Waals surface area (Å²) in [5, 5.41) is 6.60. The van der Waals surface area contributed by atoms with Crippen LogP contribution in [0.4, 0.5) is 0 Å². The van der Waals surface area contributed by atoms with Crippen molar-refractivity contribution in [1.29, 1.82) is 0 Å². The molecular weight excluding hydrogens is 589 g/mol. The number of hydrogen-bond donors (Lipinski definition) is 0. The van der Waals surface area contributed by atoms with Crippen molar-refractivity contribution in [3.05, 3.63) is 158 Å². The summed E-state index contributed by atoms with van der Waals surface area (Å²) in [5.74, 6) is 1.83. The van der Waals surface area contributed by atoms with Gasteiger partial charge in [-0.1, -0.05) is 121 Å². The molecule has 0 unspecified atom stereocenters. The second-order valence-corrected chi connectivity index (χ2v) is 12.0. The molecule has 0 atom stereocenters. The molecule has 10 aromatic rings. The van der Waals surface area contributed by atoms with Gasteiger partial charge in [-0.3, -0.25) is 0 Å². The van der Waals surface area contributed by atoms with Crippen molar-refractivity contribution in [2.45, 2.75) is 0 Å². The molecule has 48 heavy (non-hydrogen) atoms. The van der Waals surface area contributed by atoms with E-state index in [0.29, 0.717) is 17.5 Å². The van der Waals surface area contributed by atoms with E-state index in [-0.39, 0.29) is 0 Å². The lowest BCUT2D eigenvalue weighted by atomic mass is 10.0. The predicted octanol–water partition coefficient (Wildman–Crippen LogP) is 11.0. The second-order valence-electron chi connectivity index (χ2n) is 12.0. The molecule has 0 saturated heterocycles. The van der Waals surface area contributed by atoms with Crippen LogP contribution in [0.15, 0.2) is 162 Å². The van der Waals surface area contributed by atoms with Gasteiger partial charge in [-0.2, -0.15) is 0 Å². The Bertz CT molecular complexity index is 2830. The molecule has 7 aromatic carbocycles. The van der Waals surface area contributed by atoms with Crippen molar-refractivity contribution in [3.8, 4) is 39.9 Å². The molecule has 224 valence electrons. The fourth-order valence-corrected chi connectivity index (χ4v) is 7.05. The van der Waals surface area contributed by atoms with Gasteiger partial charge in [-0.25, -0.2) is 15.0 Å². The Morgan fingerprint density at radius 3 is 1.96 bits per heavy atom. The minimum Gasteiger partial charge on any atom is -0.455 e.